The van der Waals surface area contributed by atoms with Crippen LogP contribution in [0.4, 0.5) is 5.69 Å². The van der Waals surface area contributed by atoms with Gasteiger partial charge in [-0.05, 0) is 60.2 Å². The Morgan fingerprint density at radius 2 is 1.81 bits per heavy atom. The van der Waals surface area contributed by atoms with E-state index >= 15 is 0 Å². The fourth-order valence-electron chi connectivity index (χ4n) is 2.61. The third kappa shape index (κ3) is 3.34. The van der Waals surface area contributed by atoms with Crippen molar-refractivity contribution in [2.45, 2.75) is 13.8 Å². The number of tetrazole rings is 1. The zero-order valence-electron chi connectivity index (χ0n) is 15.0. The first-order valence-electron chi connectivity index (χ1n) is 7.93. The average molecular weight is 353 g/mol. The SMILES string of the molecule is COc1cc(C)c(C(=O)Nc2cccc(-n3nnnc3C)c2)cc1OC. The largest absolute Gasteiger partial charge is 0.493 e. The van der Waals surface area contributed by atoms with Gasteiger partial charge in [-0.15, -0.1) is 5.10 Å². The van der Waals surface area contributed by atoms with E-state index < -0.39 is 0 Å². The van der Waals surface area contributed by atoms with E-state index in [0.717, 1.165) is 11.3 Å². The van der Waals surface area contributed by atoms with Gasteiger partial charge in [0.15, 0.2) is 17.3 Å². The first-order valence-corrected chi connectivity index (χ1v) is 7.93. The van der Waals surface area contributed by atoms with Crippen LogP contribution in [0.15, 0.2) is 36.4 Å². The lowest BCUT2D eigenvalue weighted by atomic mass is 10.1. The van der Waals surface area contributed by atoms with Crippen LogP contribution in [-0.2, 0) is 0 Å². The second kappa shape index (κ2) is 7.22. The van der Waals surface area contributed by atoms with Crippen LogP contribution in [0.1, 0.15) is 21.7 Å². The molecule has 3 aromatic rings. The number of nitrogens with one attached hydrogen (secondary N) is 1. The zero-order chi connectivity index (χ0) is 18.7. The van der Waals surface area contributed by atoms with Crippen molar-refractivity contribution in [3.8, 4) is 17.2 Å². The van der Waals surface area contributed by atoms with Crippen molar-refractivity contribution in [3.63, 3.8) is 0 Å². The lowest BCUT2D eigenvalue weighted by Crippen LogP contribution is -2.14. The minimum Gasteiger partial charge on any atom is -0.493 e. The summed E-state index contributed by atoms with van der Waals surface area (Å²) in [5.41, 5.74) is 2.69. The van der Waals surface area contributed by atoms with Gasteiger partial charge in [-0.1, -0.05) is 6.07 Å². The van der Waals surface area contributed by atoms with Crippen LogP contribution in [0.2, 0.25) is 0 Å². The van der Waals surface area contributed by atoms with E-state index in [1.54, 1.807) is 43.0 Å². The van der Waals surface area contributed by atoms with Gasteiger partial charge in [0, 0.05) is 11.3 Å². The summed E-state index contributed by atoms with van der Waals surface area (Å²) in [5, 5.41) is 14.3. The van der Waals surface area contributed by atoms with Gasteiger partial charge in [0.2, 0.25) is 0 Å². The summed E-state index contributed by atoms with van der Waals surface area (Å²) in [6, 6.07) is 10.7. The van der Waals surface area contributed by atoms with E-state index in [1.807, 2.05) is 19.1 Å². The van der Waals surface area contributed by atoms with Gasteiger partial charge in [0.1, 0.15) is 0 Å². The van der Waals surface area contributed by atoms with Crippen LogP contribution < -0.4 is 14.8 Å². The molecule has 1 aromatic heterocycles. The maximum Gasteiger partial charge on any atom is 0.256 e. The van der Waals surface area contributed by atoms with E-state index in [-0.39, 0.29) is 5.91 Å². The van der Waals surface area contributed by atoms with Crippen LogP contribution in [0.5, 0.6) is 11.5 Å². The molecule has 0 aliphatic heterocycles. The van der Waals surface area contributed by atoms with Crippen LogP contribution in [-0.4, -0.2) is 40.3 Å². The second-order valence-electron chi connectivity index (χ2n) is 5.66. The number of benzene rings is 2. The molecule has 0 aliphatic carbocycles. The Labute approximate surface area is 150 Å². The van der Waals surface area contributed by atoms with Crippen LogP contribution in [0.25, 0.3) is 5.69 Å². The summed E-state index contributed by atoms with van der Waals surface area (Å²) < 4.78 is 12.1. The molecule has 0 fully saturated rings. The summed E-state index contributed by atoms with van der Waals surface area (Å²) in [7, 11) is 3.09. The fraction of sp³-hybridized carbons (Fsp3) is 0.222. The minimum atomic E-state index is -0.242. The quantitative estimate of drug-likeness (QED) is 0.758. The van der Waals surface area contributed by atoms with Crippen molar-refractivity contribution in [1.29, 1.82) is 0 Å². The molecule has 0 unspecified atom stereocenters. The molecule has 0 aliphatic rings. The third-order valence-corrected chi connectivity index (χ3v) is 3.95. The Hall–Kier alpha value is -3.42. The van der Waals surface area contributed by atoms with Crippen molar-refractivity contribution in [2.24, 2.45) is 0 Å². The normalized spacial score (nSPS) is 10.5. The average Bonchev–Trinajstić information content (AvgIpc) is 3.07. The minimum absolute atomic E-state index is 0.242. The highest BCUT2D eigenvalue weighted by atomic mass is 16.5. The molecular weight excluding hydrogens is 334 g/mol. The number of aryl methyl sites for hydroxylation is 2. The fourth-order valence-corrected chi connectivity index (χ4v) is 2.61. The second-order valence-corrected chi connectivity index (χ2v) is 5.66. The topological polar surface area (TPSA) is 91.2 Å². The van der Waals surface area contributed by atoms with E-state index in [9.17, 15) is 4.79 Å². The molecule has 8 nitrogen and oxygen atoms in total. The summed E-state index contributed by atoms with van der Waals surface area (Å²) in [6.07, 6.45) is 0. The molecule has 3 rings (SSSR count). The molecule has 8 heteroatoms. The molecule has 26 heavy (non-hydrogen) atoms. The van der Waals surface area contributed by atoms with Crippen LogP contribution in [0.3, 0.4) is 0 Å². The van der Waals surface area contributed by atoms with Gasteiger partial charge < -0.3 is 14.8 Å². The highest BCUT2D eigenvalue weighted by Crippen LogP contribution is 2.30. The molecule has 0 saturated heterocycles. The number of amides is 1. The van der Waals surface area contributed by atoms with Gasteiger partial charge in [-0.25, -0.2) is 0 Å². The number of aromatic nitrogens is 4. The van der Waals surface area contributed by atoms with Crippen molar-refractivity contribution >= 4 is 11.6 Å². The van der Waals surface area contributed by atoms with E-state index in [4.69, 9.17) is 9.47 Å². The molecule has 0 atom stereocenters. The van der Waals surface area contributed by atoms with E-state index in [0.29, 0.717) is 28.6 Å². The Morgan fingerprint density at radius 1 is 1.08 bits per heavy atom. The number of anilines is 1. The highest BCUT2D eigenvalue weighted by Gasteiger charge is 2.15. The molecular formula is C18H19N5O3. The molecule has 2 aromatic carbocycles. The lowest BCUT2D eigenvalue weighted by molar-refractivity contribution is 0.102. The first-order chi connectivity index (χ1) is 12.5. The van der Waals surface area contributed by atoms with Crippen molar-refractivity contribution in [1.82, 2.24) is 20.2 Å². The Kier molecular flexibility index (Phi) is 4.83. The summed E-state index contributed by atoms with van der Waals surface area (Å²) in [6.45, 7) is 3.65. The van der Waals surface area contributed by atoms with Crippen LogP contribution in [0, 0.1) is 13.8 Å². The third-order valence-electron chi connectivity index (χ3n) is 3.95. The Morgan fingerprint density at radius 3 is 2.46 bits per heavy atom. The monoisotopic (exact) mass is 353 g/mol. The number of hydrogen-bond acceptors (Lipinski definition) is 6. The van der Waals surface area contributed by atoms with Crippen LogP contribution >= 0.6 is 0 Å². The molecule has 0 saturated carbocycles. The van der Waals surface area contributed by atoms with Gasteiger partial charge >= 0.3 is 0 Å². The van der Waals surface area contributed by atoms with Gasteiger partial charge in [0.05, 0.1) is 19.9 Å². The van der Waals surface area contributed by atoms with Crippen molar-refractivity contribution in [2.75, 3.05) is 19.5 Å². The molecule has 134 valence electrons. The number of hydrogen-bond donors (Lipinski definition) is 1. The number of ether oxygens (including phenoxy) is 2. The van der Waals surface area contributed by atoms with E-state index in [2.05, 4.69) is 20.8 Å². The number of nitrogens with zero attached hydrogens (tertiary/aromatic N) is 4. The Bertz CT molecular complexity index is 952. The smallest absolute Gasteiger partial charge is 0.256 e. The molecule has 1 heterocycles. The van der Waals surface area contributed by atoms with Crippen molar-refractivity contribution in [3.05, 3.63) is 53.3 Å². The molecule has 0 radical (unpaired) electrons. The highest BCUT2D eigenvalue weighted by molar-refractivity contribution is 6.05. The summed E-state index contributed by atoms with van der Waals surface area (Å²) in [4.78, 5) is 12.7. The van der Waals surface area contributed by atoms with Crippen molar-refractivity contribution < 1.29 is 14.3 Å². The number of rotatable bonds is 5. The maximum atomic E-state index is 12.7. The summed E-state index contributed by atoms with van der Waals surface area (Å²) >= 11 is 0. The first kappa shape index (κ1) is 17.4. The van der Waals surface area contributed by atoms with Gasteiger partial charge in [0.25, 0.3) is 5.91 Å². The number of methoxy groups -OCH3 is 2. The van der Waals surface area contributed by atoms with Gasteiger partial charge in [-0.3, -0.25) is 4.79 Å². The molecule has 0 bridgehead atoms. The summed E-state index contributed by atoms with van der Waals surface area (Å²) in [5.74, 6) is 1.50. The predicted molar refractivity (Wildman–Crippen MR) is 96.1 cm³/mol. The Balaban J connectivity index is 1.88. The zero-order valence-corrected chi connectivity index (χ0v) is 15.0. The number of carbonyl (C=O) groups is 1. The maximum absolute atomic E-state index is 12.7. The number of carbonyl (C=O) groups excluding carboxylic acids is 1. The van der Waals surface area contributed by atoms with E-state index in [1.165, 1.54) is 7.11 Å². The van der Waals surface area contributed by atoms with Gasteiger partial charge in [-0.2, -0.15) is 4.68 Å². The lowest BCUT2D eigenvalue weighted by Gasteiger charge is -2.13. The molecule has 1 N–H and O–H groups in total. The molecule has 0 spiro atoms. The predicted octanol–water partition coefficient (Wildman–Crippen LogP) is 2.55. The standard InChI is InChI=1S/C18H19N5O3/c1-11-8-16(25-3)17(26-4)10-15(11)18(24)19-13-6-5-7-14(9-13)23-12(2)20-21-22-23/h5-10H,1-4H3,(H,19,24). The molecule has 1 amide bonds.